The van der Waals surface area contributed by atoms with Crippen LogP contribution in [0, 0.1) is 0 Å². The Morgan fingerprint density at radius 3 is 2.64 bits per heavy atom. The fraction of sp³-hybridized carbons (Fsp3) is 0.286. The predicted octanol–water partition coefficient (Wildman–Crippen LogP) is 3.73. The normalized spacial score (nSPS) is 15.9. The van der Waals surface area contributed by atoms with Crippen molar-refractivity contribution in [1.82, 2.24) is 10.6 Å². The number of rotatable bonds is 2. The molecule has 2 aromatic carbocycles. The van der Waals surface area contributed by atoms with E-state index in [9.17, 15) is 4.79 Å². The maximum Gasteiger partial charge on any atom is 0.251 e. The van der Waals surface area contributed by atoms with Gasteiger partial charge in [-0.25, -0.2) is 0 Å². The Morgan fingerprint density at radius 2 is 1.84 bits per heavy atom. The summed E-state index contributed by atoms with van der Waals surface area (Å²) in [5.41, 5.74) is 5.61. The first-order valence-corrected chi connectivity index (χ1v) is 8.90. The monoisotopic (exact) mass is 334 g/mol. The summed E-state index contributed by atoms with van der Waals surface area (Å²) >= 11 is 0. The quantitative estimate of drug-likeness (QED) is 0.751. The van der Waals surface area contributed by atoms with Crippen molar-refractivity contribution in [3.8, 4) is 11.5 Å². The SMILES string of the molecule is CCNC(=O)c1ccc2c(c1)Oc1ccccc1C2=C1CCNCC1. The number of piperidine rings is 1. The van der Waals surface area contributed by atoms with Gasteiger partial charge in [-0.15, -0.1) is 0 Å². The van der Waals surface area contributed by atoms with E-state index < -0.39 is 0 Å². The highest BCUT2D eigenvalue weighted by atomic mass is 16.5. The fourth-order valence-corrected chi connectivity index (χ4v) is 3.60. The summed E-state index contributed by atoms with van der Waals surface area (Å²) in [5, 5.41) is 6.27. The summed E-state index contributed by atoms with van der Waals surface area (Å²) in [5.74, 6) is 1.57. The molecule has 25 heavy (non-hydrogen) atoms. The Morgan fingerprint density at radius 1 is 1.08 bits per heavy atom. The summed E-state index contributed by atoms with van der Waals surface area (Å²) in [6.07, 6.45) is 2.09. The third kappa shape index (κ3) is 2.94. The van der Waals surface area contributed by atoms with Gasteiger partial charge in [0.1, 0.15) is 11.5 Å². The number of carbonyl (C=O) groups excluding carboxylic acids is 1. The van der Waals surface area contributed by atoms with Crippen LogP contribution in [0.4, 0.5) is 0 Å². The molecule has 0 aromatic heterocycles. The second-order valence-corrected chi connectivity index (χ2v) is 6.40. The molecule has 128 valence electrons. The minimum absolute atomic E-state index is 0.0659. The lowest BCUT2D eigenvalue weighted by Crippen LogP contribution is -2.24. The van der Waals surface area contributed by atoms with Crippen LogP contribution in [0.25, 0.3) is 5.57 Å². The maximum absolute atomic E-state index is 12.2. The van der Waals surface area contributed by atoms with E-state index in [0.717, 1.165) is 48.6 Å². The van der Waals surface area contributed by atoms with Gasteiger partial charge in [-0.3, -0.25) is 4.79 Å². The van der Waals surface area contributed by atoms with Crippen LogP contribution in [-0.4, -0.2) is 25.5 Å². The summed E-state index contributed by atoms with van der Waals surface area (Å²) < 4.78 is 6.14. The van der Waals surface area contributed by atoms with Gasteiger partial charge in [-0.1, -0.05) is 23.8 Å². The predicted molar refractivity (Wildman–Crippen MR) is 99.1 cm³/mol. The first-order chi connectivity index (χ1) is 12.3. The lowest BCUT2D eigenvalue weighted by atomic mass is 9.86. The number of nitrogens with one attached hydrogen (secondary N) is 2. The second kappa shape index (κ2) is 6.73. The van der Waals surface area contributed by atoms with Crippen molar-refractivity contribution in [3.05, 3.63) is 64.7 Å². The highest BCUT2D eigenvalue weighted by Gasteiger charge is 2.26. The van der Waals surface area contributed by atoms with E-state index in [4.69, 9.17) is 4.74 Å². The molecule has 2 heterocycles. The van der Waals surface area contributed by atoms with Crippen molar-refractivity contribution in [3.63, 3.8) is 0 Å². The van der Waals surface area contributed by atoms with Crippen LogP contribution in [0.1, 0.15) is 41.3 Å². The van der Waals surface area contributed by atoms with Crippen molar-refractivity contribution >= 4 is 11.5 Å². The van der Waals surface area contributed by atoms with E-state index in [1.165, 1.54) is 11.1 Å². The molecule has 1 fully saturated rings. The first kappa shape index (κ1) is 15.9. The van der Waals surface area contributed by atoms with Gasteiger partial charge < -0.3 is 15.4 Å². The van der Waals surface area contributed by atoms with Gasteiger partial charge in [0, 0.05) is 23.2 Å². The highest BCUT2D eigenvalue weighted by molar-refractivity contribution is 5.97. The number of hydrogen-bond donors (Lipinski definition) is 2. The highest BCUT2D eigenvalue weighted by Crippen LogP contribution is 2.46. The second-order valence-electron chi connectivity index (χ2n) is 6.40. The Bertz CT molecular complexity index is 847. The largest absolute Gasteiger partial charge is 0.456 e. The fourth-order valence-electron chi connectivity index (χ4n) is 3.60. The molecule has 0 unspecified atom stereocenters. The molecule has 2 N–H and O–H groups in total. The van der Waals surface area contributed by atoms with E-state index in [2.05, 4.69) is 22.8 Å². The van der Waals surface area contributed by atoms with Crippen LogP contribution in [0.2, 0.25) is 0 Å². The molecule has 0 atom stereocenters. The lowest BCUT2D eigenvalue weighted by Gasteiger charge is -2.28. The van der Waals surface area contributed by atoms with Crippen LogP contribution >= 0.6 is 0 Å². The minimum atomic E-state index is -0.0659. The number of carbonyl (C=O) groups is 1. The first-order valence-electron chi connectivity index (χ1n) is 8.90. The van der Waals surface area contributed by atoms with Crippen LogP contribution in [0.3, 0.4) is 0 Å². The maximum atomic E-state index is 12.2. The van der Waals surface area contributed by atoms with E-state index in [1.54, 1.807) is 0 Å². The van der Waals surface area contributed by atoms with Crippen molar-refractivity contribution in [2.24, 2.45) is 0 Å². The van der Waals surface area contributed by atoms with E-state index in [1.807, 2.05) is 37.3 Å². The van der Waals surface area contributed by atoms with Crippen LogP contribution in [0.15, 0.2) is 48.0 Å². The topological polar surface area (TPSA) is 50.4 Å². The van der Waals surface area contributed by atoms with Gasteiger partial charge in [-0.05, 0) is 62.7 Å². The standard InChI is InChI=1S/C21H22N2O2/c1-2-23-21(24)15-7-8-17-19(13-15)25-18-6-4-3-5-16(18)20(17)14-9-11-22-12-10-14/h3-8,13,22H,2,9-12H2,1H3,(H,23,24). The Hall–Kier alpha value is -2.59. The molecule has 0 bridgehead atoms. The molecule has 1 saturated heterocycles. The Kier molecular flexibility index (Phi) is 4.28. The molecule has 4 nitrogen and oxygen atoms in total. The number of amides is 1. The molecular weight excluding hydrogens is 312 g/mol. The van der Waals surface area contributed by atoms with Crippen LogP contribution < -0.4 is 15.4 Å². The van der Waals surface area contributed by atoms with Gasteiger partial charge in [0.25, 0.3) is 5.91 Å². The van der Waals surface area contributed by atoms with Crippen molar-refractivity contribution in [2.75, 3.05) is 19.6 Å². The average Bonchev–Trinajstić information content (AvgIpc) is 2.66. The number of benzene rings is 2. The molecule has 0 spiro atoms. The lowest BCUT2D eigenvalue weighted by molar-refractivity contribution is 0.0955. The number of hydrogen-bond acceptors (Lipinski definition) is 3. The number of para-hydroxylation sites is 1. The summed E-state index contributed by atoms with van der Waals surface area (Å²) in [7, 11) is 0. The number of ether oxygens (including phenoxy) is 1. The third-order valence-corrected chi connectivity index (χ3v) is 4.79. The Labute approximate surface area is 147 Å². The van der Waals surface area contributed by atoms with Gasteiger partial charge in [-0.2, -0.15) is 0 Å². The zero-order chi connectivity index (χ0) is 17.2. The molecular formula is C21H22N2O2. The van der Waals surface area contributed by atoms with E-state index >= 15 is 0 Å². The zero-order valence-electron chi connectivity index (χ0n) is 14.4. The summed E-state index contributed by atoms with van der Waals surface area (Å²) in [4.78, 5) is 12.2. The average molecular weight is 334 g/mol. The van der Waals surface area contributed by atoms with Gasteiger partial charge in [0.15, 0.2) is 0 Å². The third-order valence-electron chi connectivity index (χ3n) is 4.79. The molecule has 4 rings (SSSR count). The molecule has 0 aliphatic carbocycles. The van der Waals surface area contributed by atoms with Crippen LogP contribution in [0.5, 0.6) is 11.5 Å². The molecule has 2 aromatic rings. The Balaban J connectivity index is 1.85. The summed E-state index contributed by atoms with van der Waals surface area (Å²) in [6, 6.07) is 13.9. The van der Waals surface area contributed by atoms with Gasteiger partial charge in [0.2, 0.25) is 0 Å². The molecule has 2 aliphatic heterocycles. The van der Waals surface area contributed by atoms with Crippen molar-refractivity contribution < 1.29 is 9.53 Å². The zero-order valence-corrected chi connectivity index (χ0v) is 14.4. The smallest absolute Gasteiger partial charge is 0.251 e. The minimum Gasteiger partial charge on any atom is -0.456 e. The molecule has 4 heteroatoms. The summed E-state index contributed by atoms with van der Waals surface area (Å²) in [6.45, 7) is 4.55. The van der Waals surface area contributed by atoms with Gasteiger partial charge in [0.05, 0.1) is 0 Å². The molecule has 2 aliphatic rings. The molecule has 1 amide bonds. The van der Waals surface area contributed by atoms with Crippen molar-refractivity contribution in [2.45, 2.75) is 19.8 Å². The van der Waals surface area contributed by atoms with Crippen molar-refractivity contribution in [1.29, 1.82) is 0 Å². The van der Waals surface area contributed by atoms with E-state index in [0.29, 0.717) is 12.1 Å². The molecule has 0 radical (unpaired) electrons. The van der Waals surface area contributed by atoms with E-state index in [-0.39, 0.29) is 5.91 Å². The van der Waals surface area contributed by atoms with Crippen LogP contribution in [-0.2, 0) is 0 Å². The molecule has 0 saturated carbocycles. The number of fused-ring (bicyclic) bond motifs is 2. The van der Waals surface area contributed by atoms with Gasteiger partial charge >= 0.3 is 0 Å².